The second-order valence-corrected chi connectivity index (χ2v) is 4.17. The SMILES string of the molecule is COc1ccnc(NCCc2ccc(F)cc2C)n1. The van der Waals surface area contributed by atoms with E-state index in [1.54, 1.807) is 25.4 Å². The van der Waals surface area contributed by atoms with E-state index >= 15 is 0 Å². The summed E-state index contributed by atoms with van der Waals surface area (Å²) in [6, 6.07) is 6.51. The number of rotatable bonds is 5. The molecule has 100 valence electrons. The topological polar surface area (TPSA) is 47.0 Å². The van der Waals surface area contributed by atoms with Gasteiger partial charge in [-0.05, 0) is 36.6 Å². The van der Waals surface area contributed by atoms with Crippen molar-refractivity contribution in [1.82, 2.24) is 9.97 Å². The van der Waals surface area contributed by atoms with Crippen LogP contribution in [0.4, 0.5) is 10.3 Å². The molecule has 0 bridgehead atoms. The van der Waals surface area contributed by atoms with Crippen LogP contribution in [0.15, 0.2) is 30.5 Å². The number of hydrogen-bond donors (Lipinski definition) is 1. The molecule has 2 aromatic rings. The smallest absolute Gasteiger partial charge is 0.225 e. The van der Waals surface area contributed by atoms with Crippen molar-refractivity contribution in [3.05, 3.63) is 47.4 Å². The highest BCUT2D eigenvalue weighted by atomic mass is 19.1. The Morgan fingerprint density at radius 1 is 1.32 bits per heavy atom. The molecule has 1 heterocycles. The summed E-state index contributed by atoms with van der Waals surface area (Å²) in [4.78, 5) is 8.25. The lowest BCUT2D eigenvalue weighted by Crippen LogP contribution is -2.09. The molecule has 0 saturated heterocycles. The minimum Gasteiger partial charge on any atom is -0.481 e. The number of nitrogens with zero attached hydrogens (tertiary/aromatic N) is 2. The number of ether oxygens (including phenoxy) is 1. The van der Waals surface area contributed by atoms with Crippen LogP contribution in [0.25, 0.3) is 0 Å². The molecule has 1 aromatic carbocycles. The van der Waals surface area contributed by atoms with Crippen molar-refractivity contribution in [3.63, 3.8) is 0 Å². The van der Waals surface area contributed by atoms with Crippen LogP contribution in [-0.4, -0.2) is 23.6 Å². The van der Waals surface area contributed by atoms with Crippen molar-refractivity contribution in [2.24, 2.45) is 0 Å². The maximum atomic E-state index is 13.0. The zero-order chi connectivity index (χ0) is 13.7. The molecule has 0 atom stereocenters. The van der Waals surface area contributed by atoms with E-state index in [1.807, 2.05) is 6.92 Å². The fourth-order valence-corrected chi connectivity index (χ4v) is 1.79. The summed E-state index contributed by atoms with van der Waals surface area (Å²) >= 11 is 0. The van der Waals surface area contributed by atoms with Crippen LogP contribution in [-0.2, 0) is 6.42 Å². The quantitative estimate of drug-likeness (QED) is 0.898. The van der Waals surface area contributed by atoms with Gasteiger partial charge in [-0.1, -0.05) is 6.07 Å². The number of nitrogens with one attached hydrogen (secondary N) is 1. The lowest BCUT2D eigenvalue weighted by atomic mass is 10.1. The molecule has 1 aromatic heterocycles. The number of anilines is 1. The molecular formula is C14H16FN3O. The summed E-state index contributed by atoms with van der Waals surface area (Å²) in [6.07, 6.45) is 2.42. The van der Waals surface area contributed by atoms with Gasteiger partial charge in [0, 0.05) is 18.8 Å². The Kier molecular flexibility index (Phi) is 4.28. The Balaban J connectivity index is 1.92. The van der Waals surface area contributed by atoms with E-state index < -0.39 is 0 Å². The average Bonchev–Trinajstić information content (AvgIpc) is 2.41. The van der Waals surface area contributed by atoms with Crippen LogP contribution >= 0.6 is 0 Å². The molecule has 0 aliphatic carbocycles. The fraction of sp³-hybridized carbons (Fsp3) is 0.286. The minimum atomic E-state index is -0.203. The van der Waals surface area contributed by atoms with Crippen LogP contribution in [0.5, 0.6) is 5.88 Å². The summed E-state index contributed by atoms with van der Waals surface area (Å²) < 4.78 is 18.0. The highest BCUT2D eigenvalue weighted by Gasteiger charge is 2.02. The van der Waals surface area contributed by atoms with Gasteiger partial charge in [0.05, 0.1) is 7.11 Å². The minimum absolute atomic E-state index is 0.203. The molecule has 0 saturated carbocycles. The van der Waals surface area contributed by atoms with E-state index in [-0.39, 0.29) is 5.82 Å². The van der Waals surface area contributed by atoms with Gasteiger partial charge in [-0.3, -0.25) is 0 Å². The van der Waals surface area contributed by atoms with Gasteiger partial charge >= 0.3 is 0 Å². The molecule has 5 heteroatoms. The number of aryl methyl sites for hydroxylation is 1. The Morgan fingerprint density at radius 3 is 2.89 bits per heavy atom. The normalized spacial score (nSPS) is 10.3. The van der Waals surface area contributed by atoms with Gasteiger partial charge in [0.15, 0.2) is 0 Å². The van der Waals surface area contributed by atoms with Crippen molar-refractivity contribution in [2.75, 3.05) is 19.0 Å². The highest BCUT2D eigenvalue weighted by Crippen LogP contribution is 2.11. The summed E-state index contributed by atoms with van der Waals surface area (Å²) in [5.74, 6) is 0.847. The third-order valence-corrected chi connectivity index (χ3v) is 2.82. The summed E-state index contributed by atoms with van der Waals surface area (Å²) in [5.41, 5.74) is 2.06. The molecule has 1 N–H and O–H groups in total. The third kappa shape index (κ3) is 3.64. The van der Waals surface area contributed by atoms with E-state index in [4.69, 9.17) is 4.74 Å². The van der Waals surface area contributed by atoms with Gasteiger partial charge in [0.25, 0.3) is 0 Å². The molecule has 0 fully saturated rings. The maximum absolute atomic E-state index is 13.0. The van der Waals surface area contributed by atoms with Crippen LogP contribution in [0.3, 0.4) is 0 Å². The second-order valence-electron chi connectivity index (χ2n) is 4.17. The molecule has 19 heavy (non-hydrogen) atoms. The standard InChI is InChI=1S/C14H16FN3O/c1-10-9-12(15)4-3-11(10)5-7-16-14-17-8-6-13(18-14)19-2/h3-4,6,8-9H,5,7H2,1-2H3,(H,16,17,18). The highest BCUT2D eigenvalue weighted by molar-refractivity contribution is 5.30. The molecule has 0 aliphatic rings. The summed E-state index contributed by atoms with van der Waals surface area (Å²) in [5, 5.41) is 3.11. The largest absolute Gasteiger partial charge is 0.481 e. The molecule has 4 nitrogen and oxygen atoms in total. The van der Waals surface area contributed by atoms with Gasteiger partial charge in [-0.25, -0.2) is 9.37 Å². The van der Waals surface area contributed by atoms with Gasteiger partial charge in [0.1, 0.15) is 5.82 Å². The van der Waals surface area contributed by atoms with E-state index in [9.17, 15) is 4.39 Å². The predicted octanol–water partition coefficient (Wildman–Crippen LogP) is 2.59. The zero-order valence-electron chi connectivity index (χ0n) is 11.0. The van der Waals surface area contributed by atoms with E-state index in [1.165, 1.54) is 12.1 Å². The Hall–Kier alpha value is -2.17. The predicted molar refractivity (Wildman–Crippen MR) is 71.9 cm³/mol. The average molecular weight is 261 g/mol. The molecule has 0 spiro atoms. The van der Waals surface area contributed by atoms with Gasteiger partial charge < -0.3 is 10.1 Å². The van der Waals surface area contributed by atoms with E-state index in [0.29, 0.717) is 18.4 Å². The van der Waals surface area contributed by atoms with Crippen molar-refractivity contribution in [2.45, 2.75) is 13.3 Å². The Morgan fingerprint density at radius 2 is 2.16 bits per heavy atom. The third-order valence-electron chi connectivity index (χ3n) is 2.82. The first-order chi connectivity index (χ1) is 9.19. The van der Waals surface area contributed by atoms with E-state index in [0.717, 1.165) is 17.5 Å². The fourth-order valence-electron chi connectivity index (χ4n) is 1.79. The van der Waals surface area contributed by atoms with Crippen molar-refractivity contribution < 1.29 is 9.13 Å². The Bertz CT molecular complexity index is 560. The number of aromatic nitrogens is 2. The van der Waals surface area contributed by atoms with Gasteiger partial charge in [-0.15, -0.1) is 0 Å². The monoisotopic (exact) mass is 261 g/mol. The number of hydrogen-bond acceptors (Lipinski definition) is 4. The summed E-state index contributed by atoms with van der Waals surface area (Å²) in [6.45, 7) is 2.58. The zero-order valence-corrected chi connectivity index (χ0v) is 11.0. The number of methoxy groups -OCH3 is 1. The van der Waals surface area contributed by atoms with Crippen LogP contribution in [0.1, 0.15) is 11.1 Å². The van der Waals surface area contributed by atoms with Crippen molar-refractivity contribution in [1.29, 1.82) is 0 Å². The van der Waals surface area contributed by atoms with Crippen LogP contribution in [0, 0.1) is 12.7 Å². The first kappa shape index (κ1) is 13.3. The molecule has 0 unspecified atom stereocenters. The van der Waals surface area contributed by atoms with Crippen molar-refractivity contribution in [3.8, 4) is 5.88 Å². The molecule has 0 aliphatic heterocycles. The molecular weight excluding hydrogens is 245 g/mol. The second kappa shape index (κ2) is 6.13. The maximum Gasteiger partial charge on any atom is 0.225 e. The molecule has 0 radical (unpaired) electrons. The van der Waals surface area contributed by atoms with Crippen molar-refractivity contribution >= 4 is 5.95 Å². The summed E-state index contributed by atoms with van der Waals surface area (Å²) in [7, 11) is 1.56. The molecule has 0 amide bonds. The van der Waals surface area contributed by atoms with Gasteiger partial charge in [0.2, 0.25) is 11.8 Å². The Labute approximate surface area is 111 Å². The van der Waals surface area contributed by atoms with E-state index in [2.05, 4.69) is 15.3 Å². The first-order valence-corrected chi connectivity index (χ1v) is 6.05. The number of benzene rings is 1. The first-order valence-electron chi connectivity index (χ1n) is 6.05. The lowest BCUT2D eigenvalue weighted by Gasteiger charge is -2.08. The number of halogens is 1. The van der Waals surface area contributed by atoms with Gasteiger partial charge in [-0.2, -0.15) is 4.98 Å². The van der Waals surface area contributed by atoms with Crippen LogP contribution < -0.4 is 10.1 Å². The lowest BCUT2D eigenvalue weighted by molar-refractivity contribution is 0.397. The molecule has 2 rings (SSSR count). The van der Waals surface area contributed by atoms with Crippen LogP contribution in [0.2, 0.25) is 0 Å².